The van der Waals surface area contributed by atoms with Crippen molar-refractivity contribution in [1.29, 1.82) is 0 Å². The second-order valence-corrected chi connectivity index (χ2v) is 5.93. The summed E-state index contributed by atoms with van der Waals surface area (Å²) in [6, 6.07) is 3.87. The maximum absolute atomic E-state index is 5.69. The Morgan fingerprint density at radius 3 is 2.77 bits per heavy atom. The van der Waals surface area contributed by atoms with E-state index < -0.39 is 0 Å². The highest BCUT2D eigenvalue weighted by Crippen LogP contribution is 2.33. The molecule has 2 rings (SSSR count). The molecule has 8 heteroatoms. The van der Waals surface area contributed by atoms with Crippen molar-refractivity contribution >= 4 is 28.1 Å². The molecular formula is C14H19BrN4O2S. The van der Waals surface area contributed by atoms with Gasteiger partial charge in [0.25, 0.3) is 0 Å². The average Bonchev–Trinajstić information content (AvgIpc) is 2.83. The number of H-pyrrole nitrogens is 1. The van der Waals surface area contributed by atoms with Crippen molar-refractivity contribution in [2.75, 3.05) is 19.1 Å². The van der Waals surface area contributed by atoms with Crippen LogP contribution in [0.2, 0.25) is 0 Å². The Morgan fingerprint density at radius 2 is 2.18 bits per heavy atom. The van der Waals surface area contributed by atoms with Gasteiger partial charge in [0, 0.05) is 4.47 Å². The first-order valence-electron chi connectivity index (χ1n) is 6.94. The van der Waals surface area contributed by atoms with Gasteiger partial charge in [-0.15, -0.1) is 0 Å². The van der Waals surface area contributed by atoms with Crippen LogP contribution in [0, 0.1) is 11.7 Å². The van der Waals surface area contributed by atoms with Crippen LogP contribution < -0.4 is 14.9 Å². The highest BCUT2D eigenvalue weighted by Gasteiger charge is 2.11. The Bertz CT molecular complexity index is 699. The summed E-state index contributed by atoms with van der Waals surface area (Å²) in [6.45, 7) is 5.16. The van der Waals surface area contributed by atoms with E-state index in [9.17, 15) is 0 Å². The van der Waals surface area contributed by atoms with E-state index in [0.29, 0.717) is 23.7 Å². The maximum Gasteiger partial charge on any atom is 0.214 e. The van der Waals surface area contributed by atoms with Gasteiger partial charge in [0.2, 0.25) is 4.77 Å². The lowest BCUT2D eigenvalue weighted by molar-refractivity contribution is 0.294. The van der Waals surface area contributed by atoms with Crippen LogP contribution in [-0.4, -0.2) is 28.6 Å². The first kappa shape index (κ1) is 16.8. The van der Waals surface area contributed by atoms with Crippen molar-refractivity contribution < 1.29 is 9.47 Å². The molecule has 0 aliphatic rings. The zero-order chi connectivity index (χ0) is 16.1. The molecule has 0 spiro atoms. The van der Waals surface area contributed by atoms with Crippen molar-refractivity contribution in [1.82, 2.24) is 14.9 Å². The van der Waals surface area contributed by atoms with Gasteiger partial charge >= 0.3 is 0 Å². The molecule has 120 valence electrons. The standard InChI is InChI=1S/C14H19BrN4O2S/c1-4-5-21-13-7-11(15)10(6-12(13)20-3)8-16-19-9(2)17-18-14(19)22/h6-7,16H,4-5,8H2,1-3H3,(H,18,22). The molecule has 0 aliphatic carbocycles. The normalized spacial score (nSPS) is 10.5. The molecular weight excluding hydrogens is 368 g/mol. The third-order valence-electron chi connectivity index (χ3n) is 3.06. The number of nitrogens with zero attached hydrogens (tertiary/aromatic N) is 2. The Morgan fingerprint density at radius 1 is 1.41 bits per heavy atom. The molecule has 0 unspecified atom stereocenters. The molecule has 1 aromatic heterocycles. The molecule has 1 heterocycles. The summed E-state index contributed by atoms with van der Waals surface area (Å²) in [6.07, 6.45) is 0.947. The number of halogens is 1. The SMILES string of the molecule is CCCOc1cc(Br)c(CNn2c(C)n[nH]c2=S)cc1OC. The predicted octanol–water partition coefficient (Wildman–Crippen LogP) is 3.55. The van der Waals surface area contributed by atoms with E-state index in [1.165, 1.54) is 0 Å². The second kappa shape index (κ2) is 7.64. The molecule has 6 nitrogen and oxygen atoms in total. The lowest BCUT2D eigenvalue weighted by atomic mass is 10.2. The van der Waals surface area contributed by atoms with Crippen molar-refractivity contribution in [2.24, 2.45) is 0 Å². The molecule has 0 fully saturated rings. The molecule has 0 radical (unpaired) electrons. The molecule has 0 atom stereocenters. The molecule has 0 saturated heterocycles. The minimum atomic E-state index is 0.531. The third-order valence-corrected chi connectivity index (χ3v) is 4.07. The maximum atomic E-state index is 5.69. The van der Waals surface area contributed by atoms with Crippen LogP contribution >= 0.6 is 28.1 Å². The summed E-state index contributed by atoms with van der Waals surface area (Å²) in [7, 11) is 1.63. The van der Waals surface area contributed by atoms with E-state index >= 15 is 0 Å². The van der Waals surface area contributed by atoms with Crippen molar-refractivity contribution in [3.63, 3.8) is 0 Å². The van der Waals surface area contributed by atoms with Crippen LogP contribution in [0.25, 0.3) is 0 Å². The zero-order valence-electron chi connectivity index (χ0n) is 12.8. The summed E-state index contributed by atoms with van der Waals surface area (Å²) >= 11 is 8.73. The Hall–Kier alpha value is -1.54. The second-order valence-electron chi connectivity index (χ2n) is 4.69. The summed E-state index contributed by atoms with van der Waals surface area (Å²) < 4.78 is 14.3. The van der Waals surface area contributed by atoms with Crippen LogP contribution in [0.5, 0.6) is 11.5 Å². The lowest BCUT2D eigenvalue weighted by Gasteiger charge is -2.15. The third kappa shape index (κ3) is 3.80. The Labute approximate surface area is 142 Å². The number of methoxy groups -OCH3 is 1. The van der Waals surface area contributed by atoms with Gasteiger partial charge in [-0.05, 0) is 43.3 Å². The van der Waals surface area contributed by atoms with Crippen LogP contribution in [0.3, 0.4) is 0 Å². The topological polar surface area (TPSA) is 64.1 Å². The van der Waals surface area contributed by atoms with Gasteiger partial charge in [-0.3, -0.25) is 5.10 Å². The van der Waals surface area contributed by atoms with E-state index in [1.807, 2.05) is 19.1 Å². The van der Waals surface area contributed by atoms with Gasteiger partial charge < -0.3 is 14.9 Å². The fourth-order valence-corrected chi connectivity index (χ4v) is 2.63. The predicted molar refractivity (Wildman–Crippen MR) is 91.7 cm³/mol. The van der Waals surface area contributed by atoms with E-state index in [2.05, 4.69) is 38.5 Å². The summed E-state index contributed by atoms with van der Waals surface area (Å²) in [5.41, 5.74) is 4.26. The summed E-state index contributed by atoms with van der Waals surface area (Å²) in [4.78, 5) is 0. The number of ether oxygens (including phenoxy) is 2. The highest BCUT2D eigenvalue weighted by molar-refractivity contribution is 9.10. The highest BCUT2D eigenvalue weighted by atomic mass is 79.9. The van der Waals surface area contributed by atoms with Gasteiger partial charge in [0.15, 0.2) is 11.5 Å². The van der Waals surface area contributed by atoms with Crippen molar-refractivity contribution in [3.05, 3.63) is 32.8 Å². The summed E-state index contributed by atoms with van der Waals surface area (Å²) in [5.74, 6) is 2.22. The first-order valence-corrected chi connectivity index (χ1v) is 8.14. The van der Waals surface area contributed by atoms with Crippen LogP contribution in [0.15, 0.2) is 16.6 Å². The quantitative estimate of drug-likeness (QED) is 0.712. The van der Waals surface area contributed by atoms with Crippen LogP contribution in [0.1, 0.15) is 24.7 Å². The Balaban J connectivity index is 2.19. The number of rotatable bonds is 7. The number of benzene rings is 1. The van der Waals surface area contributed by atoms with Crippen LogP contribution in [0.4, 0.5) is 0 Å². The molecule has 0 aliphatic heterocycles. The molecule has 2 aromatic rings. The fraction of sp³-hybridized carbons (Fsp3) is 0.429. The molecule has 0 amide bonds. The van der Waals surface area contributed by atoms with Gasteiger partial charge in [-0.25, -0.2) is 4.68 Å². The minimum Gasteiger partial charge on any atom is -0.493 e. The van der Waals surface area contributed by atoms with Gasteiger partial charge in [0.05, 0.1) is 20.3 Å². The summed E-state index contributed by atoms with van der Waals surface area (Å²) in [5, 5.41) is 6.80. The van der Waals surface area contributed by atoms with E-state index in [0.717, 1.165) is 28.0 Å². The number of aromatic nitrogens is 3. The first-order chi connectivity index (χ1) is 10.6. The van der Waals surface area contributed by atoms with Crippen molar-refractivity contribution in [2.45, 2.75) is 26.8 Å². The fourth-order valence-electron chi connectivity index (χ4n) is 1.92. The minimum absolute atomic E-state index is 0.531. The number of aryl methyl sites for hydroxylation is 1. The van der Waals surface area contributed by atoms with E-state index in [1.54, 1.807) is 11.8 Å². The number of hydrogen-bond donors (Lipinski definition) is 2. The molecule has 22 heavy (non-hydrogen) atoms. The molecule has 0 saturated carbocycles. The molecule has 0 bridgehead atoms. The molecule has 1 aromatic carbocycles. The largest absolute Gasteiger partial charge is 0.493 e. The van der Waals surface area contributed by atoms with Crippen molar-refractivity contribution in [3.8, 4) is 11.5 Å². The number of aromatic amines is 1. The van der Waals surface area contributed by atoms with Gasteiger partial charge in [-0.2, -0.15) is 5.10 Å². The Kier molecular flexibility index (Phi) is 5.84. The van der Waals surface area contributed by atoms with Crippen LogP contribution in [-0.2, 0) is 6.54 Å². The molecule has 2 N–H and O–H groups in total. The lowest BCUT2D eigenvalue weighted by Crippen LogP contribution is -2.16. The number of nitrogens with one attached hydrogen (secondary N) is 2. The monoisotopic (exact) mass is 386 g/mol. The van der Waals surface area contributed by atoms with Gasteiger partial charge in [-0.1, -0.05) is 22.9 Å². The number of hydrogen-bond acceptors (Lipinski definition) is 5. The smallest absolute Gasteiger partial charge is 0.214 e. The average molecular weight is 387 g/mol. The van der Waals surface area contributed by atoms with Gasteiger partial charge in [0.1, 0.15) is 5.82 Å². The van der Waals surface area contributed by atoms with E-state index in [-0.39, 0.29) is 0 Å². The zero-order valence-corrected chi connectivity index (χ0v) is 15.2. The van der Waals surface area contributed by atoms with E-state index in [4.69, 9.17) is 21.7 Å².